The SMILES string of the molecule is CC(C)(C)NCc1cccc(CCCOC(C)(C)C)c1.CC(C)(C)NCc1cccc(CCCOCCCN2CCCC(OC(C)(C)C)C2)c1.CC(C)(C)OCCN1CCN(CCCOc2ccc(COC(C)(C)C)cn2)CC1.CC(C)(C)OCc1ccc(=O)[nH]c1.CC(C)(C)OCc1ccc(OCCCN2CCN(C(C)(C)C)CC2)nc1.CC(C)(C)OCc1ccc(OCCCN2CCN(C(C)(C)C)CC2)nc1.CC(C)C. The van der Waals surface area contributed by atoms with Gasteiger partial charge in [0.1, 0.15) is 0 Å². The molecule has 0 radical (unpaired) electrons. The van der Waals surface area contributed by atoms with Crippen molar-refractivity contribution in [3.63, 3.8) is 0 Å². The van der Waals surface area contributed by atoms with E-state index in [0.29, 0.717) is 70.0 Å². The highest BCUT2D eigenvalue weighted by atomic mass is 16.5. The van der Waals surface area contributed by atoms with Gasteiger partial charge in [0.2, 0.25) is 23.2 Å². The molecule has 25 heteroatoms. The van der Waals surface area contributed by atoms with Crippen molar-refractivity contribution in [3.05, 3.63) is 177 Å². The lowest BCUT2D eigenvalue weighted by atomic mass is 10.0. The molecule has 1 unspecified atom stereocenters. The maximum atomic E-state index is 10.7. The molecule has 4 fully saturated rings. The van der Waals surface area contributed by atoms with E-state index in [1.165, 1.54) is 47.7 Å². The van der Waals surface area contributed by atoms with Crippen LogP contribution in [0.15, 0.2) is 127 Å². The van der Waals surface area contributed by atoms with E-state index in [1.807, 2.05) is 75.8 Å². The predicted molar refractivity (Wildman–Crippen MR) is 617 cm³/mol. The number of benzene rings is 2. The highest BCUT2D eigenvalue weighted by Crippen LogP contribution is 2.26. The van der Waals surface area contributed by atoms with Crippen molar-refractivity contribution in [1.29, 1.82) is 0 Å². The first kappa shape index (κ1) is 134. The molecular weight excluding hydrogens is 1850 g/mol. The molecule has 0 aliphatic carbocycles. The van der Waals surface area contributed by atoms with Crippen LogP contribution in [-0.4, -0.2) is 292 Å². The number of piperazine rings is 3. The van der Waals surface area contributed by atoms with Gasteiger partial charge in [0.05, 0.1) is 98.2 Å². The molecule has 846 valence electrons. The summed E-state index contributed by atoms with van der Waals surface area (Å²) in [6.45, 7) is 108. The number of nitrogens with one attached hydrogen (secondary N) is 3. The molecule has 6 aromatic rings. The number of pyridine rings is 4. The molecule has 4 aromatic heterocycles. The van der Waals surface area contributed by atoms with Gasteiger partial charge in [-0.15, -0.1) is 0 Å². The van der Waals surface area contributed by atoms with Crippen LogP contribution in [0.5, 0.6) is 17.6 Å². The van der Waals surface area contributed by atoms with Crippen LogP contribution in [0.25, 0.3) is 0 Å². The van der Waals surface area contributed by atoms with Crippen LogP contribution in [-0.2, 0) is 90.3 Å². The first-order chi connectivity index (χ1) is 68.8. The smallest absolute Gasteiger partial charge is 0.247 e. The quantitative estimate of drug-likeness (QED) is 0.0303. The van der Waals surface area contributed by atoms with Crippen LogP contribution in [0.1, 0.15) is 345 Å². The number of ether oxygens (including phenoxy) is 11. The highest BCUT2D eigenvalue weighted by molar-refractivity contribution is 5.26. The maximum Gasteiger partial charge on any atom is 0.247 e. The molecule has 10 rings (SSSR count). The molecule has 148 heavy (non-hydrogen) atoms. The fourth-order valence-electron chi connectivity index (χ4n) is 15.7. The number of hydrogen-bond acceptors (Lipinski definition) is 24. The lowest BCUT2D eigenvalue weighted by Gasteiger charge is -2.42. The summed E-state index contributed by atoms with van der Waals surface area (Å²) in [4.78, 5) is 44.2. The van der Waals surface area contributed by atoms with Gasteiger partial charge in [0.15, 0.2) is 0 Å². The Bertz CT molecular complexity index is 4310. The minimum absolute atomic E-state index is 0.0293. The van der Waals surface area contributed by atoms with Gasteiger partial charge >= 0.3 is 0 Å². The number of likely N-dealkylation sites (tertiary alicyclic amines) is 1. The molecule has 8 heterocycles. The molecule has 0 bridgehead atoms. The van der Waals surface area contributed by atoms with E-state index < -0.39 is 0 Å². The molecular formula is C123H217N13O12. The number of nitrogens with zero attached hydrogens (tertiary/aromatic N) is 10. The van der Waals surface area contributed by atoms with Crippen LogP contribution in [0.3, 0.4) is 0 Å². The Kier molecular flexibility index (Phi) is 60.9. The third-order valence-electron chi connectivity index (χ3n) is 23.9. The van der Waals surface area contributed by atoms with E-state index >= 15 is 0 Å². The van der Waals surface area contributed by atoms with Crippen molar-refractivity contribution in [2.24, 2.45) is 5.92 Å². The van der Waals surface area contributed by atoms with Gasteiger partial charge in [-0.2, -0.15) is 0 Å². The number of aromatic nitrogens is 4. The number of aryl methyl sites for hydroxylation is 2. The molecule has 4 aliphatic rings. The fourth-order valence-corrected chi connectivity index (χ4v) is 15.7. The summed E-state index contributed by atoms with van der Waals surface area (Å²) in [5.41, 5.74) is 9.85. The first-order valence-corrected chi connectivity index (χ1v) is 56.1. The lowest BCUT2D eigenvalue weighted by molar-refractivity contribution is -0.0867. The van der Waals surface area contributed by atoms with Crippen LogP contribution in [0.2, 0.25) is 0 Å². The largest absolute Gasteiger partial charge is 0.478 e. The van der Waals surface area contributed by atoms with E-state index in [-0.39, 0.29) is 66.9 Å². The van der Waals surface area contributed by atoms with Crippen LogP contribution in [0, 0.1) is 5.92 Å². The predicted octanol–water partition coefficient (Wildman–Crippen LogP) is 23.6. The normalized spacial score (nSPS) is 16.2. The topological polar surface area (TPSA) is 220 Å². The van der Waals surface area contributed by atoms with E-state index in [0.717, 1.165) is 237 Å². The third-order valence-corrected chi connectivity index (χ3v) is 23.9. The van der Waals surface area contributed by atoms with E-state index in [1.54, 1.807) is 12.3 Å². The summed E-state index contributed by atoms with van der Waals surface area (Å²) in [7, 11) is 0. The summed E-state index contributed by atoms with van der Waals surface area (Å²) in [5.74, 6) is 2.91. The second kappa shape index (κ2) is 67.4. The van der Waals surface area contributed by atoms with Gasteiger partial charge in [0, 0.05) is 222 Å². The van der Waals surface area contributed by atoms with Crippen molar-refractivity contribution in [2.75, 3.05) is 171 Å². The Balaban J connectivity index is 0.000000372. The number of hydrogen-bond donors (Lipinski definition) is 3. The zero-order valence-electron chi connectivity index (χ0n) is 101. The second-order valence-corrected chi connectivity index (χ2v) is 51.9. The summed E-state index contributed by atoms with van der Waals surface area (Å²) in [6, 6.07) is 32.9. The molecule has 4 saturated heterocycles. The molecule has 0 spiro atoms. The molecule has 2 aromatic carbocycles. The Morgan fingerprint density at radius 1 is 0.331 bits per heavy atom. The summed E-state index contributed by atoms with van der Waals surface area (Å²) < 4.78 is 63.9. The molecule has 25 nitrogen and oxygen atoms in total. The van der Waals surface area contributed by atoms with Crippen LogP contribution in [0.4, 0.5) is 0 Å². The molecule has 0 saturated carbocycles. The first-order valence-electron chi connectivity index (χ1n) is 56.1. The van der Waals surface area contributed by atoms with Gasteiger partial charge < -0.3 is 87.3 Å². The minimum Gasteiger partial charge on any atom is -0.478 e. The fraction of sp³-hybridized carbons (Fsp3) is 0.740. The second-order valence-electron chi connectivity index (χ2n) is 51.9. The Hall–Kier alpha value is -6.44. The molecule has 3 N–H and O–H groups in total. The average molecular weight is 2070 g/mol. The number of piperidine rings is 1. The number of aromatic amines is 1. The van der Waals surface area contributed by atoms with E-state index in [2.05, 4.69) is 342 Å². The van der Waals surface area contributed by atoms with Crippen molar-refractivity contribution < 1.29 is 52.1 Å². The van der Waals surface area contributed by atoms with Gasteiger partial charge in [0.25, 0.3) is 0 Å². The Morgan fingerprint density at radius 3 is 0.980 bits per heavy atom. The third kappa shape index (κ3) is 72.3. The van der Waals surface area contributed by atoms with Crippen molar-refractivity contribution in [1.82, 2.24) is 64.9 Å². The van der Waals surface area contributed by atoms with Crippen LogP contribution >= 0.6 is 0 Å². The molecule has 4 aliphatic heterocycles. The number of H-pyrrole nitrogens is 1. The standard InChI is InChI=1S/C26H46N2O2.C23H41N3O3.2C21H37N3O2.C18H31NO.C10H15NO2.C4H10/c1-25(2,3)27-20-23-12-7-11-22(19-23)13-9-17-29-18-10-16-28-15-8-14-24(21-28)30-26(4,5)6;1-22(2,3)28-17-15-26-13-11-25(12-14-26)10-7-16-27-21-9-8-20(18-24-21)19-29-23(4,5)6;2*1-20(2,3)24-13-11-23(12-14-24)10-7-15-25-19-9-8-18(16-22-19)17-26-21(4,5)6;1-17(2,3)19-14-16-10-7-9-15(13-16)11-8-12-20-18(4,5)6;1-10(2,3)13-7-8-4-5-9(12)11-6-8;1-4(2)3/h7,11-12,19,24,27H,8-10,13-18,20-21H2,1-6H3;8-9,18H,7,10-17,19H2,1-6H3;2*8-9,16H,7,10-15,17H2,1-6H3;7,9-10,13,19H,8,11-12,14H2,1-6H3;4-6H,7H2,1-3H3,(H,11,12);4H,1-3H3. The average Bonchev–Trinajstić information content (AvgIpc) is 0.856. The van der Waals surface area contributed by atoms with Gasteiger partial charge in [-0.3, -0.25) is 19.5 Å². The van der Waals surface area contributed by atoms with Gasteiger partial charge in [-0.1, -0.05) is 69.3 Å². The van der Waals surface area contributed by atoms with Crippen molar-refractivity contribution >= 4 is 0 Å². The van der Waals surface area contributed by atoms with Crippen molar-refractivity contribution in [2.45, 2.75) is 420 Å². The molecule has 0 amide bonds. The lowest BCUT2D eigenvalue weighted by Crippen LogP contribution is -2.53. The highest BCUT2D eigenvalue weighted by Gasteiger charge is 2.30. The minimum atomic E-state index is -0.143. The molecule has 1 atom stereocenters. The summed E-state index contributed by atoms with van der Waals surface area (Å²) >= 11 is 0. The van der Waals surface area contributed by atoms with Gasteiger partial charge in [-0.05, 0) is 374 Å². The Labute approximate surface area is 903 Å². The zero-order valence-corrected chi connectivity index (χ0v) is 101. The van der Waals surface area contributed by atoms with Gasteiger partial charge in [-0.25, -0.2) is 15.0 Å². The van der Waals surface area contributed by atoms with E-state index in [4.69, 9.17) is 52.1 Å². The summed E-state index contributed by atoms with van der Waals surface area (Å²) in [5, 5.41) is 7.09. The monoisotopic (exact) mass is 2070 g/mol. The number of rotatable bonds is 43. The summed E-state index contributed by atoms with van der Waals surface area (Å²) in [6.07, 6.45) is 18.5. The van der Waals surface area contributed by atoms with Crippen molar-refractivity contribution in [3.8, 4) is 17.6 Å². The zero-order chi connectivity index (χ0) is 110. The van der Waals surface area contributed by atoms with Crippen LogP contribution < -0.4 is 30.4 Å². The van der Waals surface area contributed by atoms with E-state index in [9.17, 15) is 4.79 Å². The Morgan fingerprint density at radius 2 is 0.649 bits per heavy atom. The maximum absolute atomic E-state index is 10.7.